The van der Waals surface area contributed by atoms with Crippen LogP contribution in [0.4, 0.5) is 0 Å². The highest BCUT2D eigenvalue weighted by Gasteiger charge is 2.06. The monoisotopic (exact) mass is 219 g/mol. The summed E-state index contributed by atoms with van der Waals surface area (Å²) in [6.45, 7) is 9.30. The van der Waals surface area contributed by atoms with Crippen molar-refractivity contribution in [2.45, 2.75) is 34.6 Å². The molecule has 0 spiro atoms. The predicted molar refractivity (Wildman–Crippen MR) is 63.7 cm³/mol. The molecule has 0 aliphatic heterocycles. The lowest BCUT2D eigenvalue weighted by molar-refractivity contribution is -0.120. The van der Waals surface area contributed by atoms with Crippen molar-refractivity contribution < 1.29 is 4.79 Å². The van der Waals surface area contributed by atoms with E-state index in [0.29, 0.717) is 5.69 Å². The van der Waals surface area contributed by atoms with Crippen LogP contribution >= 0.6 is 0 Å². The van der Waals surface area contributed by atoms with Crippen LogP contribution < -0.4 is 0 Å². The second-order valence-corrected chi connectivity index (χ2v) is 4.12. The van der Waals surface area contributed by atoms with Gasteiger partial charge in [-0.05, 0) is 20.8 Å². The van der Waals surface area contributed by atoms with Crippen LogP contribution in [0, 0.1) is 26.7 Å². The van der Waals surface area contributed by atoms with E-state index in [9.17, 15) is 4.79 Å². The van der Waals surface area contributed by atoms with Crippen LogP contribution in [0.3, 0.4) is 0 Å². The van der Waals surface area contributed by atoms with Crippen LogP contribution in [0.1, 0.15) is 36.6 Å². The second-order valence-electron chi connectivity index (χ2n) is 4.12. The minimum absolute atomic E-state index is 0.0870. The maximum absolute atomic E-state index is 11.3. The van der Waals surface area contributed by atoms with E-state index in [2.05, 4.69) is 15.0 Å². The molecule has 0 saturated heterocycles. The van der Waals surface area contributed by atoms with E-state index in [1.807, 2.05) is 34.6 Å². The average molecular weight is 219 g/mol. The number of aliphatic imine (C=N–C) groups is 1. The SMILES string of the molecule is Cc1nc(C)c(/C=N\C(=O)C(C)C)nc1C. The van der Waals surface area contributed by atoms with Gasteiger partial charge in [-0.3, -0.25) is 9.78 Å². The molecule has 4 nitrogen and oxygen atoms in total. The van der Waals surface area contributed by atoms with Gasteiger partial charge in [-0.1, -0.05) is 13.8 Å². The molecule has 0 fully saturated rings. The standard InChI is InChI=1S/C12H17N3O/c1-7(2)12(16)13-6-11-10(5)14-8(3)9(4)15-11/h6-7H,1-5H3/b13-6-. The average Bonchev–Trinajstić information content (AvgIpc) is 2.20. The van der Waals surface area contributed by atoms with Gasteiger partial charge in [-0.2, -0.15) is 0 Å². The Morgan fingerprint density at radius 3 is 2.25 bits per heavy atom. The summed E-state index contributed by atoms with van der Waals surface area (Å²) >= 11 is 0. The molecule has 1 aromatic rings. The van der Waals surface area contributed by atoms with Crippen LogP contribution in [-0.4, -0.2) is 22.1 Å². The molecule has 0 radical (unpaired) electrons. The Morgan fingerprint density at radius 2 is 1.69 bits per heavy atom. The molecule has 0 atom stereocenters. The first-order chi connectivity index (χ1) is 7.41. The zero-order valence-corrected chi connectivity index (χ0v) is 10.4. The lowest BCUT2D eigenvalue weighted by Crippen LogP contribution is -2.06. The van der Waals surface area contributed by atoms with E-state index in [-0.39, 0.29) is 11.8 Å². The minimum Gasteiger partial charge on any atom is -0.272 e. The molecule has 0 bridgehead atoms. The maximum Gasteiger partial charge on any atom is 0.248 e. The Hall–Kier alpha value is -1.58. The topological polar surface area (TPSA) is 55.2 Å². The van der Waals surface area contributed by atoms with Gasteiger partial charge in [-0.15, -0.1) is 0 Å². The number of hydrogen-bond acceptors (Lipinski definition) is 3. The molecule has 1 aromatic heterocycles. The number of hydrogen-bond donors (Lipinski definition) is 0. The normalized spacial score (nSPS) is 11.4. The summed E-state index contributed by atoms with van der Waals surface area (Å²) in [5.41, 5.74) is 3.23. The van der Waals surface area contributed by atoms with Crippen molar-refractivity contribution in [1.82, 2.24) is 9.97 Å². The van der Waals surface area contributed by atoms with Crippen molar-refractivity contribution >= 4 is 12.1 Å². The Bertz CT molecular complexity index is 436. The fourth-order valence-corrected chi connectivity index (χ4v) is 1.13. The second kappa shape index (κ2) is 4.96. The van der Waals surface area contributed by atoms with Gasteiger partial charge in [0.15, 0.2) is 0 Å². The van der Waals surface area contributed by atoms with Crippen molar-refractivity contribution in [2.24, 2.45) is 10.9 Å². The zero-order chi connectivity index (χ0) is 12.3. The highest BCUT2D eigenvalue weighted by molar-refractivity contribution is 5.92. The van der Waals surface area contributed by atoms with Crippen LogP contribution in [0.5, 0.6) is 0 Å². The van der Waals surface area contributed by atoms with Gasteiger partial charge in [0.25, 0.3) is 0 Å². The molecule has 0 unspecified atom stereocenters. The van der Waals surface area contributed by atoms with Crippen LogP contribution in [0.15, 0.2) is 4.99 Å². The molecule has 0 aliphatic carbocycles. The number of amides is 1. The zero-order valence-electron chi connectivity index (χ0n) is 10.4. The Kier molecular flexibility index (Phi) is 3.88. The van der Waals surface area contributed by atoms with Gasteiger partial charge < -0.3 is 0 Å². The van der Waals surface area contributed by atoms with Gasteiger partial charge in [-0.25, -0.2) is 9.98 Å². The maximum atomic E-state index is 11.3. The number of nitrogens with zero attached hydrogens (tertiary/aromatic N) is 3. The Balaban J connectivity index is 2.98. The van der Waals surface area contributed by atoms with Crippen molar-refractivity contribution in [3.05, 3.63) is 22.8 Å². The largest absolute Gasteiger partial charge is 0.272 e. The number of carbonyl (C=O) groups is 1. The third-order valence-corrected chi connectivity index (χ3v) is 2.33. The summed E-state index contributed by atoms with van der Waals surface area (Å²) < 4.78 is 0. The number of aryl methyl sites for hydroxylation is 3. The van der Waals surface area contributed by atoms with E-state index in [1.54, 1.807) is 0 Å². The van der Waals surface area contributed by atoms with Crippen molar-refractivity contribution in [1.29, 1.82) is 0 Å². The predicted octanol–water partition coefficient (Wildman–Crippen LogP) is 2.00. The lowest BCUT2D eigenvalue weighted by atomic mass is 10.2. The molecular weight excluding hydrogens is 202 g/mol. The van der Waals surface area contributed by atoms with Gasteiger partial charge in [0.2, 0.25) is 5.91 Å². The molecule has 86 valence electrons. The fourth-order valence-electron chi connectivity index (χ4n) is 1.13. The molecular formula is C12H17N3O. The minimum atomic E-state index is -0.139. The van der Waals surface area contributed by atoms with Crippen molar-refractivity contribution in [2.75, 3.05) is 0 Å². The molecule has 1 heterocycles. The van der Waals surface area contributed by atoms with E-state index in [0.717, 1.165) is 17.1 Å². The summed E-state index contributed by atoms with van der Waals surface area (Å²) in [6.07, 6.45) is 1.50. The molecule has 1 amide bonds. The van der Waals surface area contributed by atoms with Crippen molar-refractivity contribution in [3.63, 3.8) is 0 Å². The summed E-state index contributed by atoms with van der Waals surface area (Å²) in [4.78, 5) is 23.9. The highest BCUT2D eigenvalue weighted by Crippen LogP contribution is 2.05. The highest BCUT2D eigenvalue weighted by atomic mass is 16.1. The van der Waals surface area contributed by atoms with Crippen LogP contribution in [0.25, 0.3) is 0 Å². The van der Waals surface area contributed by atoms with E-state index >= 15 is 0 Å². The van der Waals surface area contributed by atoms with Gasteiger partial charge in [0, 0.05) is 5.92 Å². The first kappa shape index (κ1) is 12.5. The first-order valence-electron chi connectivity index (χ1n) is 5.31. The molecule has 0 saturated carbocycles. The van der Waals surface area contributed by atoms with Crippen LogP contribution in [0.2, 0.25) is 0 Å². The molecule has 0 N–H and O–H groups in total. The Labute approximate surface area is 95.8 Å². The number of aromatic nitrogens is 2. The molecule has 16 heavy (non-hydrogen) atoms. The molecule has 4 heteroatoms. The van der Waals surface area contributed by atoms with Gasteiger partial charge in [0.05, 0.1) is 23.3 Å². The molecule has 0 aromatic carbocycles. The van der Waals surface area contributed by atoms with E-state index in [4.69, 9.17) is 0 Å². The van der Waals surface area contributed by atoms with Gasteiger partial charge in [0.1, 0.15) is 5.69 Å². The van der Waals surface area contributed by atoms with Gasteiger partial charge >= 0.3 is 0 Å². The third kappa shape index (κ3) is 2.95. The number of rotatable bonds is 2. The summed E-state index contributed by atoms with van der Waals surface area (Å²) in [6, 6.07) is 0. The summed E-state index contributed by atoms with van der Waals surface area (Å²) in [5.74, 6) is -0.226. The summed E-state index contributed by atoms with van der Waals surface area (Å²) in [7, 11) is 0. The molecule has 1 rings (SSSR count). The third-order valence-electron chi connectivity index (χ3n) is 2.33. The molecule has 0 aliphatic rings. The quantitative estimate of drug-likeness (QED) is 0.715. The van der Waals surface area contributed by atoms with Crippen molar-refractivity contribution in [3.8, 4) is 0 Å². The van der Waals surface area contributed by atoms with E-state index in [1.165, 1.54) is 6.21 Å². The lowest BCUT2D eigenvalue weighted by Gasteiger charge is -2.03. The Morgan fingerprint density at radius 1 is 1.12 bits per heavy atom. The first-order valence-corrected chi connectivity index (χ1v) is 5.31. The smallest absolute Gasteiger partial charge is 0.248 e. The fraction of sp³-hybridized carbons (Fsp3) is 0.500. The van der Waals surface area contributed by atoms with Crippen LogP contribution in [-0.2, 0) is 4.79 Å². The summed E-state index contributed by atoms with van der Waals surface area (Å²) in [5, 5.41) is 0. The number of carbonyl (C=O) groups excluding carboxylic acids is 1. The van der Waals surface area contributed by atoms with E-state index < -0.39 is 0 Å².